The normalized spacial score (nSPS) is 11.8. The summed E-state index contributed by atoms with van der Waals surface area (Å²) in [5.41, 5.74) is 0. The van der Waals surface area contributed by atoms with Crippen LogP contribution in [0.4, 0.5) is 0 Å². The van der Waals surface area contributed by atoms with Gasteiger partial charge in [0.1, 0.15) is 0 Å². The van der Waals surface area contributed by atoms with Crippen LogP contribution in [0.3, 0.4) is 0 Å². The van der Waals surface area contributed by atoms with Gasteiger partial charge in [-0.1, -0.05) is 112 Å². The smallest absolute Gasteiger partial charge is 0.0786 e. The fraction of sp³-hybridized carbons (Fsp3) is 1.00. The monoisotopic (exact) mass is 595 g/mol. The molecule has 0 radical (unpaired) electrons. The maximum Gasteiger partial charge on any atom is 0.0786 e. The minimum absolute atomic E-state index is 0. The molecule has 0 fully saturated rings. The van der Waals surface area contributed by atoms with E-state index in [1.807, 2.05) is 0 Å². The van der Waals surface area contributed by atoms with Crippen molar-refractivity contribution in [3.63, 3.8) is 0 Å². The largest absolute Gasteiger partial charge is 1.00 e. The van der Waals surface area contributed by atoms with E-state index < -0.39 is 0 Å². The van der Waals surface area contributed by atoms with E-state index in [4.69, 9.17) is 0 Å². The molecule has 0 unspecified atom stereocenters. The van der Waals surface area contributed by atoms with E-state index in [1.54, 1.807) is 0 Å². The highest BCUT2D eigenvalue weighted by atomic mass is 35.5. The Balaban J connectivity index is -0.00000648. The lowest BCUT2D eigenvalue weighted by Gasteiger charge is -2.39. The molecule has 0 aliphatic carbocycles. The summed E-state index contributed by atoms with van der Waals surface area (Å²) in [6, 6.07) is 0. The molecule has 240 valence electrons. The van der Waals surface area contributed by atoms with Gasteiger partial charge in [0.25, 0.3) is 0 Å². The summed E-state index contributed by atoms with van der Waals surface area (Å²) in [5, 5.41) is 0. The van der Waals surface area contributed by atoms with Gasteiger partial charge in [-0.15, -0.1) is 0 Å². The van der Waals surface area contributed by atoms with Gasteiger partial charge < -0.3 is 33.8 Å². The summed E-state index contributed by atoms with van der Waals surface area (Å²) in [6.07, 6.45) is 29.9. The zero-order valence-electron chi connectivity index (χ0n) is 28.2. The number of quaternary nitrogens is 2. The topological polar surface area (TPSA) is 0 Å². The van der Waals surface area contributed by atoms with Crippen LogP contribution in [0, 0.1) is 0 Å². The number of hydrogen-bond donors (Lipinski definition) is 0. The molecule has 0 bridgehead atoms. The SMILES string of the molecule is CCCC[N+](CCC)(CCCC)CCCCCCCCCCCC[N+](CCCC)(CCCC)CCCC.[Cl-].[Cl-]. The maximum atomic E-state index is 2.39. The van der Waals surface area contributed by atoms with Crippen LogP contribution in [0.25, 0.3) is 0 Å². The van der Waals surface area contributed by atoms with Gasteiger partial charge in [0.2, 0.25) is 0 Å². The van der Waals surface area contributed by atoms with Gasteiger partial charge in [0.15, 0.2) is 0 Å². The third kappa shape index (κ3) is 23.7. The van der Waals surface area contributed by atoms with Crippen LogP contribution in [0.2, 0.25) is 0 Å². The van der Waals surface area contributed by atoms with E-state index >= 15 is 0 Å². The lowest BCUT2D eigenvalue weighted by atomic mass is 10.0. The second-order valence-electron chi connectivity index (χ2n) is 12.8. The minimum Gasteiger partial charge on any atom is -1.00 e. The maximum absolute atomic E-state index is 2.39. The molecule has 39 heavy (non-hydrogen) atoms. The van der Waals surface area contributed by atoms with E-state index in [9.17, 15) is 0 Å². The molecule has 0 spiro atoms. The van der Waals surface area contributed by atoms with Gasteiger partial charge in [-0.3, -0.25) is 0 Å². The second kappa shape index (κ2) is 31.4. The Hall–Kier alpha value is 0.500. The molecule has 0 aliphatic rings. The lowest BCUT2D eigenvalue weighted by molar-refractivity contribution is -0.929. The molecule has 0 aromatic heterocycles. The Kier molecular flexibility index (Phi) is 35.4. The van der Waals surface area contributed by atoms with Crippen LogP contribution in [-0.4, -0.2) is 61.3 Å². The van der Waals surface area contributed by atoms with E-state index in [0.29, 0.717) is 0 Å². The van der Waals surface area contributed by atoms with E-state index in [1.165, 1.54) is 196 Å². The van der Waals surface area contributed by atoms with Gasteiger partial charge in [-0.05, 0) is 64.2 Å². The van der Waals surface area contributed by atoms with Crippen molar-refractivity contribution < 1.29 is 33.8 Å². The van der Waals surface area contributed by atoms with Crippen LogP contribution in [0.15, 0.2) is 0 Å². The molecule has 0 heterocycles. The highest BCUT2D eigenvalue weighted by molar-refractivity contribution is 4.53. The molecule has 2 nitrogen and oxygen atoms in total. The van der Waals surface area contributed by atoms with Crippen LogP contribution < -0.4 is 24.8 Å². The third-order valence-corrected chi connectivity index (χ3v) is 9.14. The molecule has 0 amide bonds. The summed E-state index contributed by atoms with van der Waals surface area (Å²) in [7, 11) is 0. The molecule has 0 rings (SSSR count). The molecule has 0 aromatic rings. The number of hydrogen-bond acceptors (Lipinski definition) is 0. The van der Waals surface area contributed by atoms with E-state index in [-0.39, 0.29) is 24.8 Å². The highest BCUT2D eigenvalue weighted by Crippen LogP contribution is 2.19. The van der Waals surface area contributed by atoms with Crippen molar-refractivity contribution in [1.82, 2.24) is 0 Å². The quantitative estimate of drug-likeness (QED) is 0.0816. The predicted molar refractivity (Wildman–Crippen MR) is 170 cm³/mol. The van der Waals surface area contributed by atoms with Gasteiger partial charge >= 0.3 is 0 Å². The zero-order chi connectivity index (χ0) is 27.5. The van der Waals surface area contributed by atoms with Gasteiger partial charge in [-0.25, -0.2) is 0 Å². The summed E-state index contributed by atoms with van der Waals surface area (Å²) in [5.74, 6) is 0. The van der Waals surface area contributed by atoms with Gasteiger partial charge in [0.05, 0.1) is 52.4 Å². The number of unbranched alkanes of at least 4 members (excludes halogenated alkanes) is 14. The standard InChI is InChI=1S/C35H76N2.2ClH/c1-7-13-29-36(28-12-6,30-14-8-2)34-26-24-22-20-18-19-21-23-25-27-35-37(31-15-9-3,32-16-10-4)33-17-11-5;;/h7-35H2,1-6H3;2*1H/q+2;;/p-2. The fourth-order valence-electron chi connectivity index (χ4n) is 6.59. The average Bonchev–Trinajstić information content (AvgIpc) is 2.91. The van der Waals surface area contributed by atoms with Crippen LogP contribution in [0.5, 0.6) is 0 Å². The van der Waals surface area contributed by atoms with Crippen molar-refractivity contribution in [3.8, 4) is 0 Å². The van der Waals surface area contributed by atoms with Crippen molar-refractivity contribution in [2.45, 2.75) is 176 Å². The molecule has 0 aromatic carbocycles. The molecule has 4 heteroatoms. The number of nitrogens with zero attached hydrogens (tertiary/aromatic N) is 2. The lowest BCUT2D eigenvalue weighted by Crippen LogP contribution is -3.00. The second-order valence-corrected chi connectivity index (χ2v) is 12.8. The van der Waals surface area contributed by atoms with Crippen molar-refractivity contribution in [1.29, 1.82) is 0 Å². The van der Waals surface area contributed by atoms with Crippen molar-refractivity contribution in [3.05, 3.63) is 0 Å². The first-order valence-electron chi connectivity index (χ1n) is 17.8. The summed E-state index contributed by atoms with van der Waals surface area (Å²) >= 11 is 0. The van der Waals surface area contributed by atoms with Crippen molar-refractivity contribution >= 4 is 0 Å². The number of halogens is 2. The van der Waals surface area contributed by atoms with E-state index in [0.717, 1.165) is 0 Å². The average molecular weight is 596 g/mol. The highest BCUT2D eigenvalue weighted by Gasteiger charge is 2.25. The van der Waals surface area contributed by atoms with Gasteiger partial charge in [-0.2, -0.15) is 0 Å². The molecule has 0 saturated heterocycles. The van der Waals surface area contributed by atoms with Crippen LogP contribution in [0.1, 0.15) is 176 Å². The Labute approximate surface area is 261 Å². The molecule has 0 N–H and O–H groups in total. The Morgan fingerprint density at radius 1 is 0.231 bits per heavy atom. The molecular formula is C35H76Cl2N2. The molecule has 0 atom stereocenters. The first kappa shape index (κ1) is 43.9. The summed E-state index contributed by atoms with van der Waals surface area (Å²) < 4.78 is 2.86. The Morgan fingerprint density at radius 3 is 0.667 bits per heavy atom. The minimum atomic E-state index is 0. The predicted octanol–water partition coefficient (Wildman–Crippen LogP) is 4.94. The number of rotatable bonds is 30. The zero-order valence-corrected chi connectivity index (χ0v) is 29.7. The third-order valence-electron chi connectivity index (χ3n) is 9.14. The molecule has 0 aliphatic heterocycles. The van der Waals surface area contributed by atoms with Crippen LogP contribution >= 0.6 is 0 Å². The van der Waals surface area contributed by atoms with Crippen molar-refractivity contribution in [2.75, 3.05) is 52.4 Å². The summed E-state index contributed by atoms with van der Waals surface area (Å²) in [6.45, 7) is 25.7. The first-order valence-corrected chi connectivity index (χ1v) is 17.8. The first-order chi connectivity index (χ1) is 18.1. The fourth-order valence-corrected chi connectivity index (χ4v) is 6.59. The van der Waals surface area contributed by atoms with Crippen molar-refractivity contribution in [2.24, 2.45) is 0 Å². The van der Waals surface area contributed by atoms with Crippen LogP contribution in [-0.2, 0) is 0 Å². The summed E-state index contributed by atoms with van der Waals surface area (Å²) in [4.78, 5) is 0. The molecule has 0 saturated carbocycles. The van der Waals surface area contributed by atoms with E-state index in [2.05, 4.69) is 41.5 Å². The Bertz CT molecular complexity index is 428. The Morgan fingerprint density at radius 2 is 0.436 bits per heavy atom. The van der Waals surface area contributed by atoms with Gasteiger partial charge in [0, 0.05) is 0 Å². The molecular weight excluding hydrogens is 519 g/mol.